The number of para-hydroxylation sites is 2. The normalized spacial score (nSPS) is 14.9. The van der Waals surface area contributed by atoms with Gasteiger partial charge in [0, 0.05) is 24.5 Å². The highest BCUT2D eigenvalue weighted by molar-refractivity contribution is 7.80. The van der Waals surface area contributed by atoms with E-state index < -0.39 is 0 Å². The third kappa shape index (κ3) is 4.15. The van der Waals surface area contributed by atoms with E-state index in [4.69, 9.17) is 17.0 Å². The molecule has 0 atom stereocenters. The number of morpholine rings is 1. The average Bonchev–Trinajstić information content (AvgIpc) is 2.63. The van der Waals surface area contributed by atoms with Crippen molar-refractivity contribution in [3.05, 3.63) is 60.7 Å². The van der Waals surface area contributed by atoms with E-state index in [1.54, 1.807) is 0 Å². The summed E-state index contributed by atoms with van der Waals surface area (Å²) in [7, 11) is 0. The molecule has 0 aliphatic carbocycles. The van der Waals surface area contributed by atoms with Crippen LogP contribution in [-0.4, -0.2) is 42.7 Å². The van der Waals surface area contributed by atoms with Crippen molar-refractivity contribution < 1.29 is 4.74 Å². The van der Waals surface area contributed by atoms with Crippen LogP contribution in [0.3, 0.4) is 0 Å². The Morgan fingerprint density at radius 2 is 1.48 bits per heavy atom. The molecule has 0 radical (unpaired) electrons. The predicted molar refractivity (Wildman–Crippen MR) is 98.5 cm³/mol. The summed E-state index contributed by atoms with van der Waals surface area (Å²) in [4.78, 5) is 8.61. The van der Waals surface area contributed by atoms with Crippen LogP contribution in [0.5, 0.6) is 0 Å². The molecular weight excluding hydrogens is 306 g/mol. The van der Waals surface area contributed by atoms with E-state index in [1.807, 2.05) is 71.9 Å². The third-order valence-corrected chi connectivity index (χ3v) is 3.89. The van der Waals surface area contributed by atoms with Gasteiger partial charge in [-0.05, 0) is 36.5 Å². The van der Waals surface area contributed by atoms with Gasteiger partial charge in [0.25, 0.3) is 0 Å². The van der Waals surface area contributed by atoms with Gasteiger partial charge in [0.05, 0.1) is 19.6 Å². The second-order valence-electron chi connectivity index (χ2n) is 5.18. The molecule has 1 aliphatic rings. The Balaban J connectivity index is 1.83. The van der Waals surface area contributed by atoms with Gasteiger partial charge < -0.3 is 9.64 Å². The summed E-state index contributed by atoms with van der Waals surface area (Å²) >= 11 is 5.58. The molecule has 1 fully saturated rings. The second kappa shape index (κ2) is 7.85. The molecule has 3 rings (SSSR count). The lowest BCUT2D eigenvalue weighted by atomic mass is 10.2. The smallest absolute Gasteiger partial charge is 0.205 e. The van der Waals surface area contributed by atoms with Crippen molar-refractivity contribution in [2.45, 2.75) is 0 Å². The molecule has 2 aromatic rings. The third-order valence-electron chi connectivity index (χ3n) is 3.60. The van der Waals surface area contributed by atoms with Crippen LogP contribution >= 0.6 is 12.2 Å². The molecule has 0 aromatic heterocycles. The van der Waals surface area contributed by atoms with E-state index in [9.17, 15) is 0 Å². The van der Waals surface area contributed by atoms with Gasteiger partial charge in [-0.3, -0.25) is 4.90 Å². The molecule has 2 aromatic carbocycles. The highest BCUT2D eigenvalue weighted by Crippen LogP contribution is 2.25. The zero-order valence-electron chi connectivity index (χ0n) is 12.8. The molecule has 1 aliphatic heterocycles. The summed E-state index contributed by atoms with van der Waals surface area (Å²) in [5.74, 6) is 0. The Morgan fingerprint density at radius 3 is 2.00 bits per heavy atom. The molecule has 0 saturated carbocycles. The van der Waals surface area contributed by atoms with Gasteiger partial charge in [-0.25, -0.2) is 4.99 Å². The number of hydrogen-bond donors (Lipinski definition) is 0. The second-order valence-corrected chi connectivity index (χ2v) is 5.55. The zero-order valence-corrected chi connectivity index (χ0v) is 13.7. The van der Waals surface area contributed by atoms with E-state index in [2.05, 4.69) is 9.89 Å². The van der Waals surface area contributed by atoms with Crippen molar-refractivity contribution in [3.8, 4) is 0 Å². The molecular formula is C18H19N3OS. The number of thiocarbonyl (C=S) groups is 1. The predicted octanol–water partition coefficient (Wildman–Crippen LogP) is 3.47. The number of hydrogen-bond acceptors (Lipinski definition) is 2. The maximum absolute atomic E-state index is 5.58. The first kappa shape index (κ1) is 15.6. The quantitative estimate of drug-likeness (QED) is 0.491. The number of anilines is 2. The fourth-order valence-electron chi connectivity index (χ4n) is 2.41. The molecule has 23 heavy (non-hydrogen) atoms. The Bertz CT molecular complexity index is 615. The van der Waals surface area contributed by atoms with Crippen LogP contribution < -0.4 is 4.90 Å². The van der Waals surface area contributed by atoms with Crippen molar-refractivity contribution in [2.75, 3.05) is 31.2 Å². The molecule has 5 heteroatoms. The standard InChI is InChI=1S/C18H19N3OS/c23-18(19-15-20-11-13-22-14-12-20)21(16-7-3-1-4-8-16)17-9-5-2-6-10-17/h1-10,15H,11-14H2/b19-15+. The molecule has 1 saturated heterocycles. The maximum Gasteiger partial charge on any atom is 0.205 e. The minimum Gasteiger partial charge on any atom is -0.378 e. The van der Waals surface area contributed by atoms with Gasteiger partial charge in [0.1, 0.15) is 0 Å². The Morgan fingerprint density at radius 1 is 0.957 bits per heavy atom. The average molecular weight is 325 g/mol. The van der Waals surface area contributed by atoms with Crippen LogP contribution in [-0.2, 0) is 4.74 Å². The van der Waals surface area contributed by atoms with Gasteiger partial charge in [-0.15, -0.1) is 0 Å². The van der Waals surface area contributed by atoms with Crippen LogP contribution in [0.15, 0.2) is 65.7 Å². The molecule has 0 bridgehead atoms. The Labute approximate surface area is 142 Å². The van der Waals surface area contributed by atoms with E-state index >= 15 is 0 Å². The van der Waals surface area contributed by atoms with Crippen molar-refractivity contribution in [3.63, 3.8) is 0 Å². The first-order chi connectivity index (χ1) is 11.3. The summed E-state index contributed by atoms with van der Waals surface area (Å²) in [6.07, 6.45) is 1.82. The van der Waals surface area contributed by atoms with E-state index in [0.29, 0.717) is 5.11 Å². The maximum atomic E-state index is 5.58. The van der Waals surface area contributed by atoms with Crippen LogP contribution in [0.1, 0.15) is 0 Å². The fourth-order valence-corrected chi connectivity index (χ4v) is 2.66. The first-order valence-corrected chi connectivity index (χ1v) is 8.05. The van der Waals surface area contributed by atoms with Crippen LogP contribution in [0.25, 0.3) is 0 Å². The number of benzene rings is 2. The summed E-state index contributed by atoms with van der Waals surface area (Å²) in [5.41, 5.74) is 2.01. The van der Waals surface area contributed by atoms with Gasteiger partial charge in [-0.1, -0.05) is 36.4 Å². The SMILES string of the molecule is S=C(/N=C/N1CCOCC1)N(c1ccccc1)c1ccccc1. The topological polar surface area (TPSA) is 28.1 Å². The minimum absolute atomic E-state index is 0.522. The van der Waals surface area contributed by atoms with Crippen molar-refractivity contribution in [1.29, 1.82) is 0 Å². The molecule has 4 nitrogen and oxygen atoms in total. The van der Waals surface area contributed by atoms with Gasteiger partial charge in [-0.2, -0.15) is 0 Å². The van der Waals surface area contributed by atoms with Crippen molar-refractivity contribution >= 4 is 35.0 Å². The minimum atomic E-state index is 0.522. The van der Waals surface area contributed by atoms with E-state index in [1.165, 1.54) is 0 Å². The van der Waals surface area contributed by atoms with Crippen molar-refractivity contribution in [1.82, 2.24) is 4.90 Å². The highest BCUT2D eigenvalue weighted by atomic mass is 32.1. The monoisotopic (exact) mass is 325 g/mol. The van der Waals surface area contributed by atoms with Crippen LogP contribution in [0.2, 0.25) is 0 Å². The molecule has 0 amide bonds. The van der Waals surface area contributed by atoms with Crippen LogP contribution in [0, 0.1) is 0 Å². The summed E-state index contributed by atoms with van der Waals surface area (Å²) in [6.45, 7) is 3.17. The van der Waals surface area contributed by atoms with Gasteiger partial charge in [0.2, 0.25) is 5.11 Å². The number of nitrogens with zero attached hydrogens (tertiary/aromatic N) is 3. The molecule has 0 unspecified atom stereocenters. The summed E-state index contributed by atoms with van der Waals surface area (Å²) < 4.78 is 5.35. The lowest BCUT2D eigenvalue weighted by Crippen LogP contribution is -2.35. The first-order valence-electron chi connectivity index (χ1n) is 7.65. The lowest BCUT2D eigenvalue weighted by Gasteiger charge is -2.26. The highest BCUT2D eigenvalue weighted by Gasteiger charge is 2.14. The number of aliphatic imine (C=N–C) groups is 1. The van der Waals surface area contributed by atoms with Crippen molar-refractivity contribution in [2.24, 2.45) is 4.99 Å². The zero-order chi connectivity index (χ0) is 15.9. The largest absolute Gasteiger partial charge is 0.378 e. The van der Waals surface area contributed by atoms with E-state index in [0.717, 1.165) is 37.7 Å². The van der Waals surface area contributed by atoms with Crippen LogP contribution in [0.4, 0.5) is 11.4 Å². The summed E-state index contributed by atoms with van der Waals surface area (Å²) in [6, 6.07) is 20.1. The number of ether oxygens (including phenoxy) is 1. The lowest BCUT2D eigenvalue weighted by molar-refractivity contribution is 0.0701. The van der Waals surface area contributed by atoms with E-state index in [-0.39, 0.29) is 0 Å². The molecule has 1 heterocycles. The van der Waals surface area contributed by atoms with Gasteiger partial charge in [0.15, 0.2) is 0 Å². The molecule has 118 valence electrons. The fraction of sp³-hybridized carbons (Fsp3) is 0.222. The summed E-state index contributed by atoms with van der Waals surface area (Å²) in [5, 5.41) is 0.522. The van der Waals surface area contributed by atoms with Gasteiger partial charge >= 0.3 is 0 Å². The number of rotatable bonds is 3. The Hall–Kier alpha value is -2.24. The molecule has 0 spiro atoms. The molecule has 0 N–H and O–H groups in total. The Kier molecular flexibility index (Phi) is 5.34.